The highest BCUT2D eigenvalue weighted by Gasteiger charge is 2.22. The molecule has 2 aromatic carbocycles. The first kappa shape index (κ1) is 21.0. The second kappa shape index (κ2) is 8.73. The van der Waals surface area contributed by atoms with Crippen LogP contribution in [0.2, 0.25) is 0 Å². The van der Waals surface area contributed by atoms with Gasteiger partial charge in [0.2, 0.25) is 0 Å². The number of hydrogen-bond acceptors (Lipinski definition) is 4. The Kier molecular flexibility index (Phi) is 6.31. The summed E-state index contributed by atoms with van der Waals surface area (Å²) in [6.45, 7) is 10.3. The fraction of sp³-hybridized carbons (Fsp3) is 0.400. The predicted octanol–water partition coefficient (Wildman–Crippen LogP) is 6.76. The van der Waals surface area contributed by atoms with Crippen molar-refractivity contribution < 1.29 is 14.7 Å². The molecule has 0 aliphatic heterocycles. The molecule has 4 heteroatoms. The molecule has 0 aliphatic carbocycles. The second-order valence-electron chi connectivity index (χ2n) is 7.99. The first-order chi connectivity index (χ1) is 13.9. The number of aromatic hydroxyl groups is 2. The Morgan fingerprint density at radius 2 is 1.76 bits per heavy atom. The molecule has 0 saturated heterocycles. The number of phenols is 2. The number of hydrogen-bond donors (Lipinski definition) is 2. The van der Waals surface area contributed by atoms with Gasteiger partial charge in [0, 0.05) is 11.6 Å². The van der Waals surface area contributed by atoms with Gasteiger partial charge in [-0.3, -0.25) is 0 Å². The van der Waals surface area contributed by atoms with Gasteiger partial charge in [0.1, 0.15) is 23.0 Å². The van der Waals surface area contributed by atoms with Crippen LogP contribution in [0, 0.1) is 6.92 Å². The minimum Gasteiger partial charge on any atom is -0.508 e. The summed E-state index contributed by atoms with van der Waals surface area (Å²) in [5, 5.41) is 25.0. The lowest BCUT2D eigenvalue weighted by molar-refractivity contribution is 0.399. The van der Waals surface area contributed by atoms with Gasteiger partial charge in [0.05, 0.1) is 5.56 Å². The molecule has 0 atom stereocenters. The molecule has 29 heavy (non-hydrogen) atoms. The lowest BCUT2D eigenvalue weighted by Gasteiger charge is -2.14. The summed E-state index contributed by atoms with van der Waals surface area (Å²) in [6, 6.07) is 9.74. The van der Waals surface area contributed by atoms with Crippen LogP contribution >= 0.6 is 0 Å². The van der Waals surface area contributed by atoms with E-state index in [0.717, 1.165) is 42.4 Å². The summed E-state index contributed by atoms with van der Waals surface area (Å²) in [7, 11) is 0. The van der Waals surface area contributed by atoms with E-state index < -0.39 is 0 Å². The first-order valence-corrected chi connectivity index (χ1v) is 10.5. The van der Waals surface area contributed by atoms with Crippen molar-refractivity contribution in [3.05, 3.63) is 52.8 Å². The highest BCUT2D eigenvalue weighted by molar-refractivity contribution is 5.85. The van der Waals surface area contributed by atoms with Crippen LogP contribution in [0.5, 0.6) is 11.5 Å². The summed E-state index contributed by atoms with van der Waals surface area (Å²) in [5.41, 5.74) is 6.61. The van der Waals surface area contributed by atoms with Gasteiger partial charge in [-0.2, -0.15) is 0 Å². The third kappa shape index (κ3) is 4.16. The molecule has 0 spiro atoms. The molecule has 1 aromatic heterocycles. The van der Waals surface area contributed by atoms with E-state index in [0.29, 0.717) is 17.0 Å². The number of rotatable bonds is 7. The number of unbranched alkanes of at least 4 members (excludes halogenated alkanes) is 1. The highest BCUT2D eigenvalue weighted by atomic mass is 16.5. The Hall–Kier alpha value is -2.75. The summed E-state index contributed by atoms with van der Waals surface area (Å²) in [5.74, 6) is 0.926. The van der Waals surface area contributed by atoms with Crippen LogP contribution in [0.15, 0.2) is 34.9 Å². The molecule has 0 saturated carbocycles. The summed E-state index contributed by atoms with van der Waals surface area (Å²) in [6.07, 6.45) is 4.37. The van der Waals surface area contributed by atoms with Crippen LogP contribution in [0.3, 0.4) is 0 Å². The number of aromatic nitrogens is 1. The van der Waals surface area contributed by atoms with Crippen LogP contribution in [0.4, 0.5) is 0 Å². The second-order valence-corrected chi connectivity index (χ2v) is 7.99. The number of benzene rings is 2. The smallest absolute Gasteiger partial charge is 0.142 e. The zero-order chi connectivity index (χ0) is 21.1. The van der Waals surface area contributed by atoms with Gasteiger partial charge in [-0.15, -0.1) is 0 Å². The predicted molar refractivity (Wildman–Crippen MR) is 118 cm³/mol. The van der Waals surface area contributed by atoms with Crippen LogP contribution in [0.25, 0.3) is 22.4 Å². The van der Waals surface area contributed by atoms with Crippen molar-refractivity contribution in [1.82, 2.24) is 5.16 Å². The van der Waals surface area contributed by atoms with E-state index in [2.05, 4.69) is 37.2 Å². The van der Waals surface area contributed by atoms with E-state index >= 15 is 0 Å². The van der Waals surface area contributed by atoms with Crippen LogP contribution in [0.1, 0.15) is 68.9 Å². The first-order valence-electron chi connectivity index (χ1n) is 10.5. The number of aryl methyl sites for hydroxylation is 3. The SMILES string of the molecule is CCCCc1cc(-c2c(-c3cc(C(C)C)c(O)cc3O)noc2C)ccc1CC. The Morgan fingerprint density at radius 1 is 1.00 bits per heavy atom. The monoisotopic (exact) mass is 393 g/mol. The minimum absolute atomic E-state index is 0.00200. The summed E-state index contributed by atoms with van der Waals surface area (Å²) >= 11 is 0. The largest absolute Gasteiger partial charge is 0.508 e. The number of phenolic OH excluding ortho intramolecular Hbond substituents is 2. The van der Waals surface area contributed by atoms with Gasteiger partial charge in [-0.05, 0) is 60.4 Å². The van der Waals surface area contributed by atoms with Gasteiger partial charge in [-0.1, -0.05) is 57.5 Å². The summed E-state index contributed by atoms with van der Waals surface area (Å²) in [4.78, 5) is 0. The van der Waals surface area contributed by atoms with E-state index in [4.69, 9.17) is 4.52 Å². The summed E-state index contributed by atoms with van der Waals surface area (Å²) < 4.78 is 5.54. The molecule has 4 nitrogen and oxygen atoms in total. The van der Waals surface area contributed by atoms with Crippen molar-refractivity contribution in [2.75, 3.05) is 0 Å². The van der Waals surface area contributed by atoms with Gasteiger partial charge >= 0.3 is 0 Å². The van der Waals surface area contributed by atoms with E-state index in [1.54, 1.807) is 0 Å². The lowest BCUT2D eigenvalue weighted by Crippen LogP contribution is -1.95. The molecule has 0 fully saturated rings. The highest BCUT2D eigenvalue weighted by Crippen LogP contribution is 2.42. The van der Waals surface area contributed by atoms with Crippen molar-refractivity contribution >= 4 is 0 Å². The molecular weight excluding hydrogens is 362 g/mol. The molecule has 0 aliphatic rings. The zero-order valence-corrected chi connectivity index (χ0v) is 18.0. The molecule has 154 valence electrons. The van der Waals surface area contributed by atoms with E-state index in [1.165, 1.54) is 17.2 Å². The van der Waals surface area contributed by atoms with Gasteiger partial charge in [0.15, 0.2) is 0 Å². The Labute approximate surface area is 173 Å². The third-order valence-corrected chi connectivity index (χ3v) is 5.56. The quantitative estimate of drug-likeness (QED) is 0.465. The zero-order valence-electron chi connectivity index (χ0n) is 18.0. The van der Waals surface area contributed by atoms with E-state index in [9.17, 15) is 10.2 Å². The average Bonchev–Trinajstić information content (AvgIpc) is 3.07. The van der Waals surface area contributed by atoms with E-state index in [-0.39, 0.29) is 17.4 Å². The standard InChI is InChI=1S/C25H31NO3/c1-6-8-9-18-12-19(11-10-17(18)7-2)24-16(5)29-26-25(24)21-13-20(15(3)4)22(27)14-23(21)28/h10-15,27-28H,6-9H2,1-5H3. The van der Waals surface area contributed by atoms with Gasteiger partial charge < -0.3 is 14.7 Å². The van der Waals surface area contributed by atoms with Crippen molar-refractivity contribution in [3.8, 4) is 33.9 Å². The van der Waals surface area contributed by atoms with Crippen LogP contribution in [-0.4, -0.2) is 15.4 Å². The van der Waals surface area contributed by atoms with Crippen molar-refractivity contribution in [2.45, 2.75) is 66.2 Å². The molecule has 3 aromatic rings. The van der Waals surface area contributed by atoms with Crippen molar-refractivity contribution in [2.24, 2.45) is 0 Å². The number of nitrogens with zero attached hydrogens (tertiary/aromatic N) is 1. The maximum absolute atomic E-state index is 10.5. The fourth-order valence-electron chi connectivity index (χ4n) is 3.87. The molecule has 3 rings (SSSR count). The molecule has 0 unspecified atom stereocenters. The fourth-order valence-corrected chi connectivity index (χ4v) is 3.87. The average molecular weight is 394 g/mol. The Morgan fingerprint density at radius 3 is 2.41 bits per heavy atom. The lowest BCUT2D eigenvalue weighted by atomic mass is 9.91. The molecule has 2 N–H and O–H groups in total. The molecule has 0 amide bonds. The maximum atomic E-state index is 10.5. The molecule has 0 bridgehead atoms. The van der Waals surface area contributed by atoms with Gasteiger partial charge in [0.25, 0.3) is 0 Å². The molecule has 0 radical (unpaired) electrons. The Balaban J connectivity index is 2.16. The normalized spacial score (nSPS) is 11.4. The molecule has 1 heterocycles. The van der Waals surface area contributed by atoms with E-state index in [1.807, 2.05) is 26.8 Å². The van der Waals surface area contributed by atoms with Crippen LogP contribution in [-0.2, 0) is 12.8 Å². The maximum Gasteiger partial charge on any atom is 0.142 e. The molecular formula is C25H31NO3. The van der Waals surface area contributed by atoms with Crippen molar-refractivity contribution in [3.63, 3.8) is 0 Å². The minimum atomic E-state index is -0.00200. The van der Waals surface area contributed by atoms with Crippen LogP contribution < -0.4 is 0 Å². The third-order valence-electron chi connectivity index (χ3n) is 5.56. The van der Waals surface area contributed by atoms with Gasteiger partial charge in [-0.25, -0.2) is 0 Å². The topological polar surface area (TPSA) is 66.5 Å². The van der Waals surface area contributed by atoms with Crippen molar-refractivity contribution in [1.29, 1.82) is 0 Å². The Bertz CT molecular complexity index is 1000.